The number of carbonyl (C=O) groups is 2. The Morgan fingerprint density at radius 1 is 0.920 bits per heavy atom. The maximum absolute atomic E-state index is 12.8. The summed E-state index contributed by atoms with van der Waals surface area (Å²) in [7, 11) is 0. The van der Waals surface area contributed by atoms with Crippen molar-refractivity contribution >= 4 is 11.8 Å². The summed E-state index contributed by atoms with van der Waals surface area (Å²) >= 11 is 0. The zero-order valence-corrected chi connectivity index (χ0v) is 27.5. The van der Waals surface area contributed by atoms with E-state index in [0.717, 1.165) is 23.8 Å². The predicted molar refractivity (Wildman–Crippen MR) is 166 cm³/mol. The smallest absolute Gasteiger partial charge is 0.330 e. The fourth-order valence-electron chi connectivity index (χ4n) is 6.01. The summed E-state index contributed by atoms with van der Waals surface area (Å²) in [5, 5.41) is 90.4. The third-order valence-electron chi connectivity index (χ3n) is 8.66. The van der Waals surface area contributed by atoms with Gasteiger partial charge in [-0.3, -0.25) is 23.9 Å². The Morgan fingerprint density at radius 2 is 1.52 bits per heavy atom. The van der Waals surface area contributed by atoms with E-state index in [2.05, 4.69) is 10.6 Å². The maximum Gasteiger partial charge on any atom is 0.330 e. The lowest BCUT2D eigenvalue weighted by molar-refractivity contribution is -0.346. The highest BCUT2D eigenvalue weighted by atomic mass is 16.8. The van der Waals surface area contributed by atoms with Gasteiger partial charge in [-0.15, -0.1) is 0 Å². The van der Waals surface area contributed by atoms with Crippen molar-refractivity contribution in [1.29, 1.82) is 0 Å². The molecule has 0 unspecified atom stereocenters. The summed E-state index contributed by atoms with van der Waals surface area (Å²) in [5.74, 6) is -1.16. The monoisotopic (exact) mass is 718 g/mol. The molecule has 4 heterocycles. The van der Waals surface area contributed by atoms with E-state index in [-0.39, 0.29) is 5.92 Å². The van der Waals surface area contributed by atoms with Gasteiger partial charge in [0, 0.05) is 25.6 Å². The number of aliphatic hydroxyl groups excluding tert-OH is 8. The van der Waals surface area contributed by atoms with Crippen molar-refractivity contribution in [2.45, 2.75) is 126 Å². The lowest BCUT2D eigenvalue weighted by atomic mass is 9.91. The number of hydrogen-bond acceptors (Lipinski definition) is 16. The molecule has 3 fully saturated rings. The van der Waals surface area contributed by atoms with Crippen LogP contribution in [0.5, 0.6) is 0 Å². The van der Waals surface area contributed by atoms with E-state index in [1.165, 1.54) is 6.08 Å². The summed E-state index contributed by atoms with van der Waals surface area (Å²) in [4.78, 5) is 50.5. The lowest BCUT2D eigenvalue weighted by Crippen LogP contribution is -2.68. The second-order valence-corrected chi connectivity index (χ2v) is 13.0. The van der Waals surface area contributed by atoms with E-state index >= 15 is 0 Å². The molecule has 0 spiro atoms. The van der Waals surface area contributed by atoms with Crippen LogP contribution in [0.25, 0.3) is 0 Å². The van der Waals surface area contributed by atoms with E-state index in [4.69, 9.17) is 18.9 Å². The molecule has 0 saturated carbocycles. The van der Waals surface area contributed by atoms with Crippen LogP contribution in [0.3, 0.4) is 0 Å². The normalized spacial score (nSPS) is 38.3. The van der Waals surface area contributed by atoms with Crippen molar-refractivity contribution in [3.05, 3.63) is 45.3 Å². The number of amides is 2. The molecule has 3 aliphatic heterocycles. The zero-order valence-electron chi connectivity index (χ0n) is 27.5. The summed E-state index contributed by atoms with van der Waals surface area (Å²) in [6, 6.07) is -2.02. The Bertz CT molecular complexity index is 1450. The summed E-state index contributed by atoms with van der Waals surface area (Å²) in [6.07, 6.45) is -18.1. The van der Waals surface area contributed by atoms with Crippen molar-refractivity contribution in [2.75, 3.05) is 6.61 Å². The highest BCUT2D eigenvalue weighted by molar-refractivity contribution is 5.87. The molecule has 20 heteroatoms. The van der Waals surface area contributed by atoms with Gasteiger partial charge >= 0.3 is 5.69 Å². The molecule has 3 saturated heterocycles. The molecule has 1 aromatic rings. The number of aromatic nitrogens is 2. The Morgan fingerprint density at radius 3 is 2.10 bits per heavy atom. The number of aliphatic hydroxyl groups is 8. The van der Waals surface area contributed by atoms with Crippen molar-refractivity contribution in [1.82, 2.24) is 20.2 Å². The molecule has 20 nitrogen and oxygen atoms in total. The van der Waals surface area contributed by atoms with Gasteiger partial charge in [0.15, 0.2) is 18.8 Å². The third kappa shape index (κ3) is 9.02. The van der Waals surface area contributed by atoms with Crippen LogP contribution < -0.4 is 21.9 Å². The molecule has 0 aromatic carbocycles. The SMILES string of the molecule is CC(=O)N[C@H]1[C@@H](O[C@@H]2O[C@H](C[C@@H](O)[C@H]3O[C@@H](n4ccc(=O)[nH]c4=O)[C@H](O)[C@@H]3O)[C@H](O)[C@H](O)[C@H]2NC(=O)/C=C/CC(C)C)O[C@H](CO)[C@@H](O)[C@@H]1O. The van der Waals surface area contributed by atoms with Crippen LogP contribution in [0.15, 0.2) is 34.0 Å². The second-order valence-electron chi connectivity index (χ2n) is 13.0. The van der Waals surface area contributed by atoms with Gasteiger partial charge in [-0.1, -0.05) is 19.9 Å². The highest BCUT2D eigenvalue weighted by Crippen LogP contribution is 2.34. The van der Waals surface area contributed by atoms with Crippen molar-refractivity contribution < 1.29 is 69.4 Å². The lowest BCUT2D eigenvalue weighted by Gasteiger charge is -2.47. The fourth-order valence-corrected chi connectivity index (χ4v) is 6.01. The molecular formula is C30H46N4O16. The predicted octanol–water partition coefficient (Wildman–Crippen LogP) is -5.60. The molecule has 282 valence electrons. The molecule has 0 aliphatic carbocycles. The van der Waals surface area contributed by atoms with Gasteiger partial charge < -0.3 is 70.4 Å². The molecule has 3 aliphatic rings. The highest BCUT2D eigenvalue weighted by Gasteiger charge is 2.53. The molecule has 50 heavy (non-hydrogen) atoms. The van der Waals surface area contributed by atoms with Crippen LogP contribution >= 0.6 is 0 Å². The Kier molecular flexibility index (Phi) is 13.4. The molecular weight excluding hydrogens is 672 g/mol. The first kappa shape index (κ1) is 39.7. The van der Waals surface area contributed by atoms with Gasteiger partial charge in [-0.25, -0.2) is 4.79 Å². The number of ether oxygens (including phenoxy) is 4. The minimum absolute atomic E-state index is 0.222. The van der Waals surface area contributed by atoms with E-state index in [1.54, 1.807) is 6.08 Å². The number of hydrogen-bond donors (Lipinski definition) is 11. The number of nitrogens with zero attached hydrogens (tertiary/aromatic N) is 1. The Hall–Kier alpha value is -3.12. The molecule has 15 atom stereocenters. The Labute approximate surface area is 284 Å². The van der Waals surface area contributed by atoms with Crippen LogP contribution in [-0.2, 0) is 28.5 Å². The minimum Gasteiger partial charge on any atom is -0.394 e. The standard InChI is InChI=1S/C30H46N4O16/c1-11(2)5-4-6-16(38)32-19-23(43)20(40)14(47-29(19)50-28-18(31-12(3)36)22(42)21(41)15(10-35)48-28)9-13(37)26-24(44)25(45)27(49-26)34-8-7-17(39)33-30(34)46/h4,6-8,11,13-15,18-29,35,37,40-45H,5,9-10H2,1-3H3,(H,31,36)(H,32,38)(H,33,39,46)/b6-4+/t13-,14-,15-,18-,19-,20+,21-,22-,23-,24+,25-,26-,27-,28-,29+/m1/s1. The largest absolute Gasteiger partial charge is 0.394 e. The van der Waals surface area contributed by atoms with E-state index in [9.17, 15) is 60.0 Å². The number of H-pyrrole nitrogens is 1. The van der Waals surface area contributed by atoms with E-state index in [0.29, 0.717) is 6.42 Å². The number of aromatic amines is 1. The van der Waals surface area contributed by atoms with Crippen molar-refractivity contribution in [3.8, 4) is 0 Å². The molecule has 0 radical (unpaired) electrons. The third-order valence-corrected chi connectivity index (χ3v) is 8.66. The molecule has 0 bridgehead atoms. The first-order valence-corrected chi connectivity index (χ1v) is 16.1. The van der Waals surface area contributed by atoms with Crippen molar-refractivity contribution in [2.24, 2.45) is 5.92 Å². The molecule has 11 N–H and O–H groups in total. The summed E-state index contributed by atoms with van der Waals surface area (Å²) < 4.78 is 23.8. The van der Waals surface area contributed by atoms with Crippen LogP contribution in [0.1, 0.15) is 39.8 Å². The maximum atomic E-state index is 12.8. The number of allylic oxidation sites excluding steroid dienone is 1. The van der Waals surface area contributed by atoms with Gasteiger partial charge in [0.05, 0.1) is 18.8 Å². The van der Waals surface area contributed by atoms with Gasteiger partial charge in [0.2, 0.25) is 11.8 Å². The first-order chi connectivity index (χ1) is 23.5. The van der Waals surface area contributed by atoms with Crippen LogP contribution in [0.4, 0.5) is 0 Å². The summed E-state index contributed by atoms with van der Waals surface area (Å²) in [6.45, 7) is 4.19. The average Bonchev–Trinajstić information content (AvgIpc) is 3.34. The zero-order chi connectivity index (χ0) is 37.0. The quantitative estimate of drug-likeness (QED) is 0.0898. The number of rotatable bonds is 12. The van der Waals surface area contributed by atoms with Crippen LogP contribution in [-0.4, -0.2) is 155 Å². The average molecular weight is 719 g/mol. The van der Waals surface area contributed by atoms with Gasteiger partial charge in [-0.2, -0.15) is 0 Å². The number of nitrogens with one attached hydrogen (secondary N) is 3. The molecule has 4 rings (SSSR count). The van der Waals surface area contributed by atoms with Crippen LogP contribution in [0, 0.1) is 5.92 Å². The fraction of sp³-hybridized carbons (Fsp3) is 0.733. The Balaban J connectivity index is 1.58. The number of carbonyl (C=O) groups excluding carboxylic acids is 2. The summed E-state index contributed by atoms with van der Waals surface area (Å²) in [5.41, 5.74) is -1.69. The topological polar surface area (TPSA) is 312 Å². The first-order valence-electron chi connectivity index (χ1n) is 16.1. The van der Waals surface area contributed by atoms with E-state index in [1.807, 2.05) is 18.8 Å². The molecule has 1 aromatic heterocycles. The minimum atomic E-state index is -1.85. The van der Waals surface area contributed by atoms with Gasteiger partial charge in [0.25, 0.3) is 5.56 Å². The van der Waals surface area contributed by atoms with Crippen LogP contribution in [0.2, 0.25) is 0 Å². The van der Waals surface area contributed by atoms with Gasteiger partial charge in [-0.05, 0) is 18.4 Å². The van der Waals surface area contributed by atoms with Gasteiger partial charge in [0.1, 0.15) is 60.9 Å². The molecule has 2 amide bonds. The van der Waals surface area contributed by atoms with Crippen molar-refractivity contribution in [3.63, 3.8) is 0 Å². The second kappa shape index (κ2) is 16.9. The van der Waals surface area contributed by atoms with E-state index < -0.39 is 128 Å².